The average Bonchev–Trinajstić information content (AvgIpc) is 1.50. The summed E-state index contributed by atoms with van der Waals surface area (Å²) >= 11 is 15.2. The topological polar surface area (TPSA) is 377 Å². The molecule has 0 aromatic heterocycles. The molecule has 2 saturated heterocycles. The molecule has 618 valence electrons. The number of halogens is 8. The van der Waals surface area contributed by atoms with Crippen molar-refractivity contribution in [3.05, 3.63) is 82.9 Å². The molecule has 1 N–H and O–H groups in total. The summed E-state index contributed by atoms with van der Waals surface area (Å²) in [5, 5.41) is 9.81. The minimum Gasteiger partial charge on any atom is -0.459 e. The van der Waals surface area contributed by atoms with Gasteiger partial charge in [0.05, 0.1) is 46.4 Å². The van der Waals surface area contributed by atoms with E-state index in [0.717, 1.165) is 6.54 Å². The van der Waals surface area contributed by atoms with Crippen LogP contribution in [0.5, 0.6) is 11.5 Å². The third-order valence-electron chi connectivity index (χ3n) is 17.0. The first-order chi connectivity index (χ1) is 51.0. The summed E-state index contributed by atoms with van der Waals surface area (Å²) in [7, 11) is -5.69. The van der Waals surface area contributed by atoms with Gasteiger partial charge in [-0.25, -0.2) is 23.2 Å². The van der Waals surface area contributed by atoms with Gasteiger partial charge in [-0.15, -0.1) is 37.6 Å². The Bertz CT molecular complexity index is 4390. The summed E-state index contributed by atoms with van der Waals surface area (Å²) in [6.07, 6.45) is -0.174. The van der Waals surface area contributed by atoms with Crippen LogP contribution in [0, 0.1) is 35.0 Å². The van der Waals surface area contributed by atoms with Gasteiger partial charge < -0.3 is 23.7 Å². The minimum absolute atomic E-state index is 0. The standard InChI is InChI=1S/C19H18FNO7S.C17H15NO6.2C9H11FO5S.C8H19N.C3H9ClSi.CH2Cl2.CH4.B4.F2O2S/c1-19(2,3)8-7-15(22)27-12-9-11-5-4-6-13-16(11)14(10-12)18(24)21(17(13)23)28-29(20,25)26;1-9(2)8-23-17(21)24-11-6-10-4-3-5-12-14(10)13(7-11)16(20)18(22)15(12)19;2*10-3-7(11)14-8-4-1-5-6(2-4)15-16(12,13)9(5)8;1-6-9(7(2)3)8(4)5;1-5(2,3)4;2-1-3;;1-4(2)3;1-5(2,3)4/h4-6,9-10H,7-8H2,1-3H3;3-7,9,22H,8H2,1-2H3;2*4-6,8-9H,1-3H2;7-8H,6H2,1-5H3;1-3H3;1H2;1H4;;. The average molecular weight is 1740 g/mol. The molecular weight excluding hydrogens is 1650 g/mol. The second-order valence-corrected chi connectivity index (χ2v) is 42.4. The third-order valence-corrected chi connectivity index (χ3v) is 20.9. The number of carbonyl (C=O) groups is 8. The van der Waals surface area contributed by atoms with Crippen molar-refractivity contribution >= 4 is 182 Å². The number of fused-ring (bicyclic) bond motifs is 2. The van der Waals surface area contributed by atoms with E-state index >= 15 is 0 Å². The van der Waals surface area contributed by atoms with Crippen molar-refractivity contribution in [1.29, 1.82) is 0 Å². The molecule has 4 amide bonds. The van der Waals surface area contributed by atoms with Gasteiger partial charge in [-0.2, -0.15) is 44.8 Å². The zero-order valence-corrected chi connectivity index (χ0v) is 69.1. The Kier molecular flexibility index (Phi) is 37.7. The largest absolute Gasteiger partial charge is 0.513 e. The molecule has 0 spiro atoms. The number of hydroxylamine groups is 4. The Balaban J connectivity index is 0.000000354. The summed E-state index contributed by atoms with van der Waals surface area (Å²) in [4.78, 5) is 97.2. The predicted molar refractivity (Wildman–Crippen MR) is 412 cm³/mol. The van der Waals surface area contributed by atoms with Gasteiger partial charge in [-0.05, 0) is 125 Å². The number of esters is 3. The molecule has 4 saturated carbocycles. The van der Waals surface area contributed by atoms with Gasteiger partial charge in [0.2, 0.25) is 0 Å². The number of rotatable bonds is 15. The third kappa shape index (κ3) is 29.3. The van der Waals surface area contributed by atoms with Crippen molar-refractivity contribution in [3.63, 3.8) is 0 Å². The van der Waals surface area contributed by atoms with E-state index in [0.29, 0.717) is 60.3 Å². The smallest absolute Gasteiger partial charge is 0.459 e. The molecule has 12 rings (SSSR count). The normalized spacial score (nSPS) is 22.5. The van der Waals surface area contributed by atoms with E-state index in [-0.39, 0.29) is 122 Å². The SMILES string of the molecule is C.CC(C)(C)CCC(=O)Oc1cc2c3c(cccc3c1)C(=O)N(OS(=O)(=O)F)C2=O.CC(C)COC(=O)Oc1cc2c3c(cccc3c1)C(=O)N(O)C2=O.CCN(C(C)C)C(C)C.C[Si](C)(C)Cl.ClCCl.O=C(CF)OC1C2CC3OS(=O)(=O)C1C3C2.O=C(CF)OC1C2CC3OS(=O)(=O)C1C3C2.O=S(=O)(F)F.[B]B([B])[B]. The number of imide groups is 2. The highest BCUT2D eigenvalue weighted by Crippen LogP contribution is 2.57. The van der Waals surface area contributed by atoms with E-state index in [1.54, 1.807) is 18.2 Å². The molecule has 6 fully saturated rings. The second-order valence-electron chi connectivity index (χ2n) is 28.9. The Morgan fingerprint density at radius 1 is 0.670 bits per heavy atom. The maximum atomic E-state index is 13.0. The molecule has 4 heterocycles. The van der Waals surface area contributed by atoms with E-state index in [4.69, 9.17) is 74.7 Å². The number of alkyl halides is 4. The van der Waals surface area contributed by atoms with Crippen LogP contribution in [0.2, 0.25) is 19.6 Å². The lowest BCUT2D eigenvalue weighted by Crippen LogP contribution is -2.41. The Hall–Kier alpha value is -6.04. The van der Waals surface area contributed by atoms with Crippen molar-refractivity contribution in [1.82, 2.24) is 15.0 Å². The van der Waals surface area contributed by atoms with Crippen molar-refractivity contribution in [2.24, 2.45) is 35.0 Å². The molecule has 45 heteroatoms. The first-order valence-electron chi connectivity index (χ1n) is 34.2. The lowest BCUT2D eigenvalue weighted by molar-refractivity contribution is -0.153. The van der Waals surface area contributed by atoms with Gasteiger partial charge in [-0.3, -0.25) is 42.4 Å². The fourth-order valence-electron chi connectivity index (χ4n) is 13.3. The first kappa shape index (κ1) is 100. The van der Waals surface area contributed by atoms with Gasteiger partial charge >= 0.3 is 45.2 Å². The van der Waals surface area contributed by atoms with Crippen LogP contribution in [0.3, 0.4) is 0 Å². The van der Waals surface area contributed by atoms with Gasteiger partial charge in [0, 0.05) is 82.5 Å². The molecule has 112 heavy (non-hydrogen) atoms. The molecule has 28 nitrogen and oxygen atoms in total. The quantitative estimate of drug-likeness (QED) is 0.00939. The van der Waals surface area contributed by atoms with Crippen LogP contribution in [0.1, 0.15) is 157 Å². The highest BCUT2D eigenvalue weighted by Gasteiger charge is 2.67. The van der Waals surface area contributed by atoms with Crippen molar-refractivity contribution in [3.8, 4) is 11.5 Å². The van der Waals surface area contributed by atoms with Crippen molar-refractivity contribution in [2.45, 2.75) is 182 Å². The molecule has 4 aliphatic heterocycles. The Morgan fingerprint density at radius 3 is 1.38 bits per heavy atom. The van der Waals surface area contributed by atoms with Crippen molar-refractivity contribution in [2.75, 3.05) is 31.8 Å². The summed E-state index contributed by atoms with van der Waals surface area (Å²) in [6, 6.07) is 16.1. The molecule has 10 atom stereocenters. The van der Waals surface area contributed by atoms with Crippen LogP contribution in [-0.4, -0.2) is 217 Å². The Labute approximate surface area is 669 Å². The van der Waals surface area contributed by atoms with Gasteiger partial charge in [0.1, 0.15) is 41.6 Å². The number of amides is 4. The first-order valence-corrected chi connectivity index (χ1v) is 45.3. The van der Waals surface area contributed by atoms with Crippen LogP contribution >= 0.6 is 34.3 Å². The molecule has 4 aromatic rings. The molecular formula is C67H89B4Cl3F5N3O25S4Si. The van der Waals surface area contributed by atoms with Crippen LogP contribution in [0.25, 0.3) is 21.5 Å². The van der Waals surface area contributed by atoms with Crippen molar-refractivity contribution < 1.29 is 134 Å². The van der Waals surface area contributed by atoms with E-state index in [1.165, 1.54) is 42.5 Å². The number of benzene rings is 4. The molecule has 4 aromatic carbocycles. The van der Waals surface area contributed by atoms with Gasteiger partial charge in [-0.1, -0.05) is 105 Å². The highest BCUT2D eigenvalue weighted by molar-refractivity contribution is 7.88. The summed E-state index contributed by atoms with van der Waals surface area (Å²) in [5.74, 6) is -6.30. The fraction of sp³-hybridized carbons (Fsp3) is 0.582. The zero-order chi connectivity index (χ0) is 84.7. The van der Waals surface area contributed by atoms with E-state index in [1.807, 2.05) is 34.6 Å². The van der Waals surface area contributed by atoms with Crippen LogP contribution in [-0.2, 0) is 82.6 Å². The molecule has 10 unspecified atom stereocenters. The fourth-order valence-corrected chi connectivity index (χ4v) is 17.6. The number of carbonyl (C=O) groups excluding carboxylic acids is 8. The predicted octanol–water partition coefficient (Wildman–Crippen LogP) is 11.2. The second kappa shape index (κ2) is 42.2. The highest BCUT2D eigenvalue weighted by atomic mass is 35.6. The maximum absolute atomic E-state index is 13.0. The van der Waals surface area contributed by atoms with E-state index in [9.17, 15) is 89.3 Å². The summed E-state index contributed by atoms with van der Waals surface area (Å²) in [5.41, 5.74) is 0.0108. The summed E-state index contributed by atoms with van der Waals surface area (Å²) in [6.45, 7) is 26.1. The molecule has 4 aliphatic carbocycles. The minimum atomic E-state index is -5.67. The molecule has 4 bridgehead atoms. The van der Waals surface area contributed by atoms with E-state index < -0.39 is 139 Å². The number of ether oxygens (including phenoxy) is 5. The lowest BCUT2D eigenvalue weighted by atomic mass is 9.08. The molecule has 8 aliphatic rings. The van der Waals surface area contributed by atoms with Gasteiger partial charge in [0.25, 0.3) is 43.9 Å². The number of hydrogen-bond acceptors (Lipinski definition) is 26. The maximum Gasteiger partial charge on any atom is 0.513 e. The van der Waals surface area contributed by atoms with Crippen LogP contribution in [0.4, 0.5) is 25.2 Å². The zero-order valence-electron chi connectivity index (χ0n) is 62.6. The van der Waals surface area contributed by atoms with Crippen LogP contribution < -0.4 is 9.47 Å². The van der Waals surface area contributed by atoms with E-state index in [2.05, 4.69) is 86.7 Å². The summed E-state index contributed by atoms with van der Waals surface area (Å²) < 4.78 is 181. The molecule has 6 radical (unpaired) electrons. The number of nitrogens with zero attached hydrogens (tertiary/aromatic N) is 3. The lowest BCUT2D eigenvalue weighted by Gasteiger charge is -2.28. The monoisotopic (exact) mass is 1740 g/mol. The van der Waals surface area contributed by atoms with Crippen LogP contribution in [0.15, 0.2) is 60.7 Å². The Morgan fingerprint density at radius 2 is 1.04 bits per heavy atom. The van der Waals surface area contributed by atoms with Gasteiger partial charge in [0.15, 0.2) is 13.3 Å². The number of hydrogen-bond donors (Lipinski definition) is 1.